The maximum atomic E-state index is 3.49. The number of hydrogen-bond acceptors (Lipinski definition) is 0. The van der Waals surface area contributed by atoms with E-state index >= 15 is 0 Å². The van der Waals surface area contributed by atoms with Gasteiger partial charge in [0.2, 0.25) is 0 Å². The van der Waals surface area contributed by atoms with Crippen molar-refractivity contribution in [1.29, 1.82) is 0 Å². The first-order valence-corrected chi connectivity index (χ1v) is 5.45. The molecule has 0 spiro atoms. The van der Waals surface area contributed by atoms with E-state index in [0.717, 1.165) is 5.33 Å². The Morgan fingerprint density at radius 1 is 1.45 bits per heavy atom. The van der Waals surface area contributed by atoms with E-state index in [-0.39, 0.29) is 0 Å². The van der Waals surface area contributed by atoms with E-state index < -0.39 is 0 Å². The molecule has 1 heteroatoms. The molecular weight excluding hydrogens is 200 g/mol. The van der Waals surface area contributed by atoms with Crippen LogP contribution in [0, 0.1) is 5.41 Å². The molecule has 64 valence electrons. The Morgan fingerprint density at radius 3 is 2.45 bits per heavy atom. The Labute approximate surface area is 78.2 Å². The summed E-state index contributed by atoms with van der Waals surface area (Å²) in [4.78, 5) is 0. The van der Waals surface area contributed by atoms with Crippen LogP contribution in [-0.4, -0.2) is 5.33 Å². The lowest BCUT2D eigenvalue weighted by Crippen LogP contribution is -2.07. The van der Waals surface area contributed by atoms with Crippen LogP contribution in [0.3, 0.4) is 0 Å². The van der Waals surface area contributed by atoms with E-state index in [4.69, 9.17) is 0 Å². The van der Waals surface area contributed by atoms with E-state index in [1.165, 1.54) is 19.3 Å². The minimum absolute atomic E-state index is 0.484. The molecule has 0 aliphatic heterocycles. The van der Waals surface area contributed by atoms with Crippen LogP contribution in [-0.2, 0) is 0 Å². The Balaban J connectivity index is 2.72. The van der Waals surface area contributed by atoms with Gasteiger partial charge in [0.15, 0.2) is 0 Å². The Kier molecular flexibility index (Phi) is 2.79. The van der Waals surface area contributed by atoms with Crippen molar-refractivity contribution in [2.45, 2.75) is 40.0 Å². The summed E-state index contributed by atoms with van der Waals surface area (Å²) in [6.07, 6.45) is 3.92. The third-order valence-electron chi connectivity index (χ3n) is 2.99. The average Bonchev–Trinajstić information content (AvgIpc) is 2.17. The van der Waals surface area contributed by atoms with Crippen molar-refractivity contribution >= 4 is 15.9 Å². The zero-order chi connectivity index (χ0) is 8.48. The zero-order valence-electron chi connectivity index (χ0n) is 7.71. The largest absolute Gasteiger partial charge is 0.0925 e. The molecule has 0 bridgehead atoms. The molecule has 0 aromatic rings. The molecule has 1 rings (SSSR count). The molecule has 0 heterocycles. The first-order chi connectivity index (χ1) is 5.08. The second-order valence-electron chi connectivity index (χ2n) is 4.05. The molecule has 0 unspecified atom stereocenters. The number of rotatable bonds is 2. The molecule has 0 atom stereocenters. The molecule has 0 aromatic carbocycles. The normalized spacial score (nSPS) is 22.9. The molecule has 11 heavy (non-hydrogen) atoms. The number of hydrogen-bond donors (Lipinski definition) is 0. The van der Waals surface area contributed by atoms with Gasteiger partial charge in [0.05, 0.1) is 0 Å². The average molecular weight is 217 g/mol. The highest BCUT2D eigenvalue weighted by molar-refractivity contribution is 9.09. The summed E-state index contributed by atoms with van der Waals surface area (Å²) in [5.74, 6) is 0. The number of halogens is 1. The lowest BCUT2D eigenvalue weighted by atomic mass is 9.86. The molecule has 0 nitrogen and oxygen atoms in total. The van der Waals surface area contributed by atoms with Crippen LogP contribution in [0.5, 0.6) is 0 Å². The van der Waals surface area contributed by atoms with E-state index in [2.05, 4.69) is 36.7 Å². The highest BCUT2D eigenvalue weighted by Crippen LogP contribution is 2.42. The molecule has 1 aliphatic carbocycles. The number of alkyl halides is 1. The SMILES string of the molecule is CC1=C(CCBr)CCC1(C)C. The summed E-state index contributed by atoms with van der Waals surface area (Å²) >= 11 is 3.49. The van der Waals surface area contributed by atoms with Crippen molar-refractivity contribution in [3.63, 3.8) is 0 Å². The van der Waals surface area contributed by atoms with Crippen molar-refractivity contribution in [2.24, 2.45) is 5.41 Å². The maximum absolute atomic E-state index is 3.49. The van der Waals surface area contributed by atoms with Gasteiger partial charge in [-0.1, -0.05) is 40.9 Å². The van der Waals surface area contributed by atoms with Gasteiger partial charge in [-0.15, -0.1) is 0 Å². The summed E-state index contributed by atoms with van der Waals surface area (Å²) in [6.45, 7) is 7.00. The monoisotopic (exact) mass is 216 g/mol. The smallest absolute Gasteiger partial charge is 0.00686 e. The van der Waals surface area contributed by atoms with Crippen molar-refractivity contribution in [2.75, 3.05) is 5.33 Å². The Morgan fingerprint density at radius 2 is 2.09 bits per heavy atom. The standard InChI is InChI=1S/C10H17Br/c1-8-9(5-7-11)4-6-10(8,2)3/h4-7H2,1-3H3. The van der Waals surface area contributed by atoms with Crippen molar-refractivity contribution in [1.82, 2.24) is 0 Å². The van der Waals surface area contributed by atoms with Gasteiger partial charge in [0, 0.05) is 5.33 Å². The fourth-order valence-corrected chi connectivity index (χ4v) is 2.22. The minimum atomic E-state index is 0.484. The molecule has 0 radical (unpaired) electrons. The van der Waals surface area contributed by atoms with Crippen molar-refractivity contribution in [3.05, 3.63) is 11.1 Å². The summed E-state index contributed by atoms with van der Waals surface area (Å²) in [7, 11) is 0. The molecule has 0 saturated heterocycles. The van der Waals surface area contributed by atoms with Gasteiger partial charge < -0.3 is 0 Å². The Hall–Kier alpha value is 0.220. The van der Waals surface area contributed by atoms with Gasteiger partial charge in [0.25, 0.3) is 0 Å². The minimum Gasteiger partial charge on any atom is -0.0925 e. The molecule has 0 amide bonds. The molecule has 1 aliphatic rings. The summed E-state index contributed by atoms with van der Waals surface area (Å²) < 4.78 is 0. The zero-order valence-corrected chi connectivity index (χ0v) is 9.29. The lowest BCUT2D eigenvalue weighted by Gasteiger charge is -2.19. The van der Waals surface area contributed by atoms with Gasteiger partial charge >= 0.3 is 0 Å². The van der Waals surface area contributed by atoms with Gasteiger partial charge in [0.1, 0.15) is 0 Å². The van der Waals surface area contributed by atoms with Crippen LogP contribution < -0.4 is 0 Å². The molecule has 0 fully saturated rings. The summed E-state index contributed by atoms with van der Waals surface area (Å²) in [5.41, 5.74) is 3.81. The third kappa shape index (κ3) is 1.87. The lowest BCUT2D eigenvalue weighted by molar-refractivity contribution is 0.443. The fraction of sp³-hybridized carbons (Fsp3) is 0.800. The van der Waals surface area contributed by atoms with Crippen LogP contribution in [0.4, 0.5) is 0 Å². The second-order valence-corrected chi connectivity index (χ2v) is 4.84. The van der Waals surface area contributed by atoms with Gasteiger partial charge in [-0.3, -0.25) is 0 Å². The predicted octanol–water partition coefficient (Wildman–Crippen LogP) is 3.91. The van der Waals surface area contributed by atoms with E-state index in [9.17, 15) is 0 Å². The molecular formula is C10H17Br. The predicted molar refractivity (Wildman–Crippen MR) is 54.1 cm³/mol. The summed E-state index contributed by atoms with van der Waals surface area (Å²) in [5, 5.41) is 1.12. The van der Waals surface area contributed by atoms with Crippen molar-refractivity contribution < 1.29 is 0 Å². The third-order valence-corrected chi connectivity index (χ3v) is 3.39. The molecule has 0 N–H and O–H groups in total. The second kappa shape index (κ2) is 3.30. The van der Waals surface area contributed by atoms with Gasteiger partial charge in [-0.2, -0.15) is 0 Å². The summed E-state index contributed by atoms with van der Waals surface area (Å²) in [6, 6.07) is 0. The maximum Gasteiger partial charge on any atom is 0.00686 e. The quantitative estimate of drug-likeness (QED) is 0.486. The molecule has 0 aromatic heterocycles. The van der Waals surface area contributed by atoms with Crippen molar-refractivity contribution in [3.8, 4) is 0 Å². The van der Waals surface area contributed by atoms with Gasteiger partial charge in [-0.05, 0) is 31.6 Å². The van der Waals surface area contributed by atoms with Gasteiger partial charge in [-0.25, -0.2) is 0 Å². The van der Waals surface area contributed by atoms with Crippen LogP contribution in [0.1, 0.15) is 40.0 Å². The van der Waals surface area contributed by atoms with E-state index in [1.807, 2.05) is 0 Å². The highest BCUT2D eigenvalue weighted by atomic mass is 79.9. The topological polar surface area (TPSA) is 0 Å². The molecule has 0 saturated carbocycles. The van der Waals surface area contributed by atoms with Crippen LogP contribution >= 0.6 is 15.9 Å². The van der Waals surface area contributed by atoms with E-state index in [0.29, 0.717) is 5.41 Å². The van der Waals surface area contributed by atoms with Crippen LogP contribution in [0.25, 0.3) is 0 Å². The highest BCUT2D eigenvalue weighted by Gasteiger charge is 2.28. The fourth-order valence-electron chi connectivity index (χ4n) is 1.74. The van der Waals surface area contributed by atoms with Crippen LogP contribution in [0.15, 0.2) is 11.1 Å². The Bertz CT molecular complexity index is 177. The first-order valence-electron chi connectivity index (χ1n) is 4.33. The number of allylic oxidation sites excluding steroid dienone is 2. The van der Waals surface area contributed by atoms with E-state index in [1.54, 1.807) is 11.1 Å². The first kappa shape index (κ1) is 9.31. The van der Waals surface area contributed by atoms with Crippen LogP contribution in [0.2, 0.25) is 0 Å².